The lowest BCUT2D eigenvalue weighted by molar-refractivity contribution is -0.0300. The number of carbonyl (C=O) groups is 1. The van der Waals surface area contributed by atoms with Crippen molar-refractivity contribution in [3.63, 3.8) is 0 Å². The van der Waals surface area contributed by atoms with Crippen LogP contribution in [0.3, 0.4) is 0 Å². The van der Waals surface area contributed by atoms with Crippen LogP contribution in [0, 0.1) is 5.82 Å². The van der Waals surface area contributed by atoms with Crippen LogP contribution < -0.4 is 5.32 Å². The molecule has 1 aromatic heterocycles. The number of thiazole rings is 1. The number of nitrogens with one attached hydrogen (secondary N) is 1. The average Bonchev–Trinajstić information content (AvgIpc) is 2.94. The number of hydrogen-bond acceptors (Lipinski definition) is 4. The number of benzene rings is 1. The van der Waals surface area contributed by atoms with Gasteiger partial charge in [-0.15, -0.1) is 11.3 Å². The molecule has 1 fully saturated rings. The maximum atomic E-state index is 12.9. The van der Waals surface area contributed by atoms with E-state index in [0.29, 0.717) is 12.1 Å². The highest BCUT2D eigenvalue weighted by Crippen LogP contribution is 2.30. The van der Waals surface area contributed by atoms with Gasteiger partial charge in [-0.1, -0.05) is 12.1 Å². The van der Waals surface area contributed by atoms with Gasteiger partial charge in [0.1, 0.15) is 11.5 Å². The Kier molecular flexibility index (Phi) is 4.22. The quantitative estimate of drug-likeness (QED) is 0.890. The summed E-state index contributed by atoms with van der Waals surface area (Å²) in [5.74, 6) is -0.529. The molecule has 1 amide bonds. The van der Waals surface area contributed by atoms with E-state index in [-0.39, 0.29) is 18.3 Å². The number of hydrogen-bond donors (Lipinski definition) is 2. The van der Waals surface area contributed by atoms with Crippen LogP contribution in [0.5, 0.6) is 0 Å². The highest BCUT2D eigenvalue weighted by atomic mass is 32.1. The Balaban J connectivity index is 1.58. The molecule has 116 valence electrons. The summed E-state index contributed by atoms with van der Waals surface area (Å²) in [6.45, 7) is 0.274. The van der Waals surface area contributed by atoms with Gasteiger partial charge < -0.3 is 10.4 Å². The van der Waals surface area contributed by atoms with Crippen LogP contribution in [-0.4, -0.2) is 28.1 Å². The highest BCUT2D eigenvalue weighted by Gasteiger charge is 2.34. The minimum Gasteiger partial charge on any atom is -0.388 e. The van der Waals surface area contributed by atoms with Crippen LogP contribution in [-0.2, 0) is 6.42 Å². The van der Waals surface area contributed by atoms with Crippen molar-refractivity contribution in [3.05, 3.63) is 51.7 Å². The van der Waals surface area contributed by atoms with E-state index in [9.17, 15) is 14.3 Å². The van der Waals surface area contributed by atoms with Crippen molar-refractivity contribution >= 4 is 17.2 Å². The third-order valence-electron chi connectivity index (χ3n) is 3.92. The van der Waals surface area contributed by atoms with Gasteiger partial charge in [-0.2, -0.15) is 0 Å². The van der Waals surface area contributed by atoms with E-state index in [4.69, 9.17) is 0 Å². The van der Waals surface area contributed by atoms with Crippen molar-refractivity contribution in [3.8, 4) is 0 Å². The van der Waals surface area contributed by atoms with E-state index in [2.05, 4.69) is 10.3 Å². The van der Waals surface area contributed by atoms with Crippen molar-refractivity contribution < 1.29 is 14.3 Å². The SMILES string of the molecule is O=C(NCC1(O)CCC1)c1csc(Cc2ccc(F)cc2)n1. The molecule has 0 spiro atoms. The van der Waals surface area contributed by atoms with E-state index in [1.807, 2.05) is 0 Å². The predicted molar refractivity (Wildman–Crippen MR) is 82.5 cm³/mol. The Hall–Kier alpha value is -1.79. The zero-order valence-electron chi connectivity index (χ0n) is 12.0. The van der Waals surface area contributed by atoms with E-state index in [0.717, 1.165) is 29.8 Å². The fraction of sp³-hybridized carbons (Fsp3) is 0.375. The predicted octanol–water partition coefficient (Wildman–Crippen LogP) is 2.52. The second-order valence-corrected chi connectivity index (χ2v) is 6.63. The molecular formula is C16H17FN2O2S. The molecule has 2 N–H and O–H groups in total. The average molecular weight is 320 g/mol. The molecule has 0 radical (unpaired) electrons. The Labute approximate surface area is 132 Å². The molecular weight excluding hydrogens is 303 g/mol. The summed E-state index contributed by atoms with van der Waals surface area (Å²) in [6.07, 6.45) is 3.05. The van der Waals surface area contributed by atoms with Gasteiger partial charge in [0.2, 0.25) is 0 Å². The third kappa shape index (κ3) is 3.51. The molecule has 4 nitrogen and oxygen atoms in total. The standard InChI is InChI=1S/C16H17FN2O2S/c17-12-4-2-11(3-5-12)8-14-19-13(9-22-14)15(20)18-10-16(21)6-1-7-16/h2-5,9,21H,1,6-8,10H2,(H,18,20). The molecule has 1 aliphatic rings. The van der Waals surface area contributed by atoms with Gasteiger partial charge in [-0.05, 0) is 37.0 Å². The van der Waals surface area contributed by atoms with Crippen molar-refractivity contribution in [2.75, 3.05) is 6.54 Å². The van der Waals surface area contributed by atoms with Gasteiger partial charge in [0, 0.05) is 18.3 Å². The van der Waals surface area contributed by atoms with Crippen LogP contribution in [0.25, 0.3) is 0 Å². The second kappa shape index (κ2) is 6.14. The second-order valence-electron chi connectivity index (χ2n) is 5.69. The fourth-order valence-electron chi connectivity index (χ4n) is 2.37. The molecule has 1 heterocycles. The molecule has 2 aromatic rings. The van der Waals surface area contributed by atoms with Gasteiger partial charge in [0.25, 0.3) is 5.91 Å². The Bertz CT molecular complexity index is 665. The Morgan fingerprint density at radius 1 is 1.36 bits per heavy atom. The fourth-order valence-corrected chi connectivity index (χ4v) is 3.18. The van der Waals surface area contributed by atoms with E-state index < -0.39 is 5.60 Å². The number of aromatic nitrogens is 1. The van der Waals surface area contributed by atoms with Crippen molar-refractivity contribution in [1.29, 1.82) is 0 Å². The summed E-state index contributed by atoms with van der Waals surface area (Å²) >= 11 is 1.40. The summed E-state index contributed by atoms with van der Waals surface area (Å²) in [5.41, 5.74) is 0.583. The number of halogens is 1. The van der Waals surface area contributed by atoms with E-state index in [1.165, 1.54) is 23.5 Å². The first kappa shape index (κ1) is 15.1. The number of carbonyl (C=O) groups excluding carboxylic acids is 1. The van der Waals surface area contributed by atoms with Gasteiger partial charge in [-0.3, -0.25) is 4.79 Å². The molecule has 22 heavy (non-hydrogen) atoms. The first-order chi connectivity index (χ1) is 10.5. The summed E-state index contributed by atoms with van der Waals surface area (Å²) in [7, 11) is 0. The van der Waals surface area contributed by atoms with Crippen LogP contribution in [0.15, 0.2) is 29.6 Å². The van der Waals surface area contributed by atoms with Crippen molar-refractivity contribution in [2.24, 2.45) is 0 Å². The first-order valence-electron chi connectivity index (χ1n) is 7.24. The largest absolute Gasteiger partial charge is 0.388 e. The zero-order valence-corrected chi connectivity index (χ0v) is 12.8. The molecule has 0 atom stereocenters. The van der Waals surface area contributed by atoms with Crippen LogP contribution >= 0.6 is 11.3 Å². The smallest absolute Gasteiger partial charge is 0.270 e. The minimum absolute atomic E-state index is 0.262. The van der Waals surface area contributed by atoms with Crippen LogP contribution in [0.4, 0.5) is 4.39 Å². The van der Waals surface area contributed by atoms with Crippen molar-refractivity contribution in [1.82, 2.24) is 10.3 Å². The zero-order chi connectivity index (χ0) is 15.6. The summed E-state index contributed by atoms with van der Waals surface area (Å²) in [5, 5.41) is 15.2. The molecule has 1 saturated carbocycles. The normalized spacial score (nSPS) is 16.1. The minimum atomic E-state index is -0.734. The first-order valence-corrected chi connectivity index (χ1v) is 8.11. The molecule has 3 rings (SSSR count). The number of rotatable bonds is 5. The molecule has 1 aliphatic carbocycles. The lowest BCUT2D eigenvalue weighted by Gasteiger charge is -2.36. The molecule has 0 aliphatic heterocycles. The number of aliphatic hydroxyl groups is 1. The highest BCUT2D eigenvalue weighted by molar-refractivity contribution is 7.09. The topological polar surface area (TPSA) is 62.2 Å². The summed E-state index contributed by atoms with van der Waals surface area (Å²) in [4.78, 5) is 16.3. The maximum absolute atomic E-state index is 12.9. The lowest BCUT2D eigenvalue weighted by Crippen LogP contribution is -2.47. The maximum Gasteiger partial charge on any atom is 0.270 e. The van der Waals surface area contributed by atoms with E-state index >= 15 is 0 Å². The monoisotopic (exact) mass is 320 g/mol. The van der Waals surface area contributed by atoms with Crippen molar-refractivity contribution in [2.45, 2.75) is 31.3 Å². The van der Waals surface area contributed by atoms with Gasteiger partial charge >= 0.3 is 0 Å². The van der Waals surface area contributed by atoms with Gasteiger partial charge in [0.15, 0.2) is 0 Å². The van der Waals surface area contributed by atoms with Gasteiger partial charge in [-0.25, -0.2) is 9.37 Å². The Morgan fingerprint density at radius 2 is 2.09 bits per heavy atom. The molecule has 6 heteroatoms. The molecule has 1 aromatic carbocycles. The summed E-state index contributed by atoms with van der Waals surface area (Å²) in [6, 6.07) is 6.25. The third-order valence-corrected chi connectivity index (χ3v) is 4.76. The lowest BCUT2D eigenvalue weighted by atomic mass is 9.80. The van der Waals surface area contributed by atoms with E-state index in [1.54, 1.807) is 17.5 Å². The van der Waals surface area contributed by atoms with Crippen LogP contribution in [0.2, 0.25) is 0 Å². The van der Waals surface area contributed by atoms with Crippen LogP contribution in [0.1, 0.15) is 40.3 Å². The molecule has 0 unspecified atom stereocenters. The number of nitrogens with zero attached hydrogens (tertiary/aromatic N) is 1. The molecule has 0 bridgehead atoms. The van der Waals surface area contributed by atoms with Gasteiger partial charge in [0.05, 0.1) is 10.6 Å². The molecule has 0 saturated heterocycles. The number of amides is 1. The summed E-state index contributed by atoms with van der Waals surface area (Å²) < 4.78 is 12.9. The Morgan fingerprint density at radius 3 is 2.73 bits per heavy atom.